The molecule has 1 unspecified atom stereocenters. The van der Waals surface area contributed by atoms with Crippen molar-refractivity contribution in [1.29, 1.82) is 0 Å². The Bertz CT molecular complexity index is 920. The van der Waals surface area contributed by atoms with E-state index in [2.05, 4.69) is 15.3 Å². The molecule has 2 aromatic rings. The minimum Gasteiger partial charge on any atom is -0.495 e. The number of aryl methyl sites for hydroxylation is 1. The van der Waals surface area contributed by atoms with Crippen molar-refractivity contribution in [2.45, 2.75) is 19.4 Å². The molecule has 7 nitrogen and oxygen atoms in total. The van der Waals surface area contributed by atoms with E-state index in [0.717, 1.165) is 5.69 Å². The lowest BCUT2D eigenvalue weighted by Gasteiger charge is -2.25. The fourth-order valence-corrected chi connectivity index (χ4v) is 4.90. The van der Waals surface area contributed by atoms with Crippen LogP contribution in [0.25, 0.3) is 0 Å². The van der Waals surface area contributed by atoms with Crippen LogP contribution in [0.1, 0.15) is 12.1 Å². The SMILES string of the molecule is COc1ccc(Cl)cc1Nc1nc(C)cc(N(C)C2CCS(=O)(=O)C2)n1. The fraction of sp³-hybridized carbons (Fsp3) is 0.412. The fourth-order valence-electron chi connectivity index (χ4n) is 2.95. The monoisotopic (exact) mass is 396 g/mol. The summed E-state index contributed by atoms with van der Waals surface area (Å²) in [7, 11) is 0.470. The molecule has 1 aliphatic rings. The first-order chi connectivity index (χ1) is 12.3. The van der Waals surface area contributed by atoms with Crippen LogP contribution in [0.3, 0.4) is 0 Å². The minimum atomic E-state index is -2.96. The lowest BCUT2D eigenvalue weighted by Crippen LogP contribution is -2.33. The number of anilines is 3. The van der Waals surface area contributed by atoms with E-state index in [9.17, 15) is 8.42 Å². The molecule has 2 heterocycles. The van der Waals surface area contributed by atoms with E-state index in [4.69, 9.17) is 16.3 Å². The Morgan fingerprint density at radius 3 is 2.73 bits per heavy atom. The van der Waals surface area contributed by atoms with Crippen molar-refractivity contribution in [1.82, 2.24) is 9.97 Å². The van der Waals surface area contributed by atoms with Crippen molar-refractivity contribution in [2.75, 3.05) is 35.9 Å². The lowest BCUT2D eigenvalue weighted by molar-refractivity contribution is 0.417. The minimum absolute atomic E-state index is 0.0807. The molecule has 0 radical (unpaired) electrons. The molecule has 1 N–H and O–H groups in total. The van der Waals surface area contributed by atoms with Gasteiger partial charge in [-0.1, -0.05) is 11.6 Å². The Labute approximate surface area is 158 Å². The number of nitrogens with zero attached hydrogens (tertiary/aromatic N) is 3. The van der Waals surface area contributed by atoms with Crippen molar-refractivity contribution in [3.63, 3.8) is 0 Å². The van der Waals surface area contributed by atoms with E-state index < -0.39 is 9.84 Å². The third-order valence-electron chi connectivity index (χ3n) is 4.37. The highest BCUT2D eigenvalue weighted by molar-refractivity contribution is 7.91. The maximum Gasteiger partial charge on any atom is 0.229 e. The molecule has 1 aromatic heterocycles. The summed E-state index contributed by atoms with van der Waals surface area (Å²) >= 11 is 6.06. The molecule has 0 spiro atoms. The van der Waals surface area contributed by atoms with Crippen LogP contribution in [-0.2, 0) is 9.84 Å². The summed E-state index contributed by atoms with van der Waals surface area (Å²) in [4.78, 5) is 10.8. The van der Waals surface area contributed by atoms with Crippen LogP contribution in [0.5, 0.6) is 5.75 Å². The van der Waals surface area contributed by atoms with Gasteiger partial charge in [-0.15, -0.1) is 0 Å². The van der Waals surface area contributed by atoms with Crippen molar-refractivity contribution in [3.8, 4) is 5.75 Å². The number of methoxy groups -OCH3 is 1. The zero-order valence-electron chi connectivity index (χ0n) is 14.9. The van der Waals surface area contributed by atoms with Gasteiger partial charge in [0, 0.05) is 29.9 Å². The summed E-state index contributed by atoms with van der Waals surface area (Å²) in [5, 5.41) is 3.69. The molecule has 0 saturated carbocycles. The van der Waals surface area contributed by atoms with Gasteiger partial charge in [0.1, 0.15) is 11.6 Å². The standard InChI is InChI=1S/C17H21ClN4O3S/c1-11-8-16(22(2)13-6-7-26(23,24)10-13)21-17(19-11)20-14-9-12(18)4-5-15(14)25-3/h4-5,8-9,13H,6-7,10H2,1-3H3,(H,19,20,21). The average Bonchev–Trinajstić information content (AvgIpc) is 2.94. The molecule has 9 heteroatoms. The predicted octanol–water partition coefficient (Wildman–Crippen LogP) is 2.81. The maximum atomic E-state index is 11.8. The van der Waals surface area contributed by atoms with E-state index in [0.29, 0.717) is 34.6 Å². The summed E-state index contributed by atoms with van der Waals surface area (Å²) in [5.41, 5.74) is 1.42. The average molecular weight is 397 g/mol. The van der Waals surface area contributed by atoms with Crippen LogP contribution in [0, 0.1) is 6.92 Å². The first-order valence-corrected chi connectivity index (χ1v) is 10.4. The Kier molecular flexibility index (Phi) is 5.24. The van der Waals surface area contributed by atoms with Crippen LogP contribution < -0.4 is 15.0 Å². The molecule has 1 saturated heterocycles. The largest absolute Gasteiger partial charge is 0.495 e. The summed E-state index contributed by atoms with van der Waals surface area (Å²) < 4.78 is 28.8. The third kappa shape index (κ3) is 4.19. The molecule has 140 valence electrons. The highest BCUT2D eigenvalue weighted by Crippen LogP contribution is 2.30. The van der Waals surface area contributed by atoms with Gasteiger partial charge in [-0.25, -0.2) is 13.4 Å². The maximum absolute atomic E-state index is 11.8. The summed E-state index contributed by atoms with van der Waals surface area (Å²) in [6.07, 6.45) is 0.604. The number of halogens is 1. The molecule has 1 atom stereocenters. The Morgan fingerprint density at radius 2 is 2.08 bits per heavy atom. The van der Waals surface area contributed by atoms with Crippen molar-refractivity contribution in [3.05, 3.63) is 35.0 Å². The molecular formula is C17H21ClN4O3S. The Balaban J connectivity index is 1.88. The second-order valence-electron chi connectivity index (χ2n) is 6.33. The van der Waals surface area contributed by atoms with Gasteiger partial charge in [0.2, 0.25) is 5.95 Å². The zero-order chi connectivity index (χ0) is 18.9. The number of aromatic nitrogens is 2. The van der Waals surface area contributed by atoms with Crippen molar-refractivity contribution < 1.29 is 13.2 Å². The van der Waals surface area contributed by atoms with E-state index in [-0.39, 0.29) is 17.5 Å². The second kappa shape index (κ2) is 7.28. The van der Waals surface area contributed by atoms with Crippen LogP contribution in [0.2, 0.25) is 5.02 Å². The van der Waals surface area contributed by atoms with Crippen LogP contribution in [0.4, 0.5) is 17.5 Å². The molecular weight excluding hydrogens is 376 g/mol. The molecule has 0 amide bonds. The highest BCUT2D eigenvalue weighted by atomic mass is 35.5. The van der Waals surface area contributed by atoms with Gasteiger partial charge < -0.3 is 15.0 Å². The molecule has 0 aliphatic carbocycles. The Hall–Kier alpha value is -2.06. The molecule has 3 rings (SSSR count). The highest BCUT2D eigenvalue weighted by Gasteiger charge is 2.31. The van der Waals surface area contributed by atoms with Gasteiger partial charge in [-0.2, -0.15) is 4.98 Å². The van der Waals surface area contributed by atoms with Gasteiger partial charge in [-0.05, 0) is 31.5 Å². The van der Waals surface area contributed by atoms with E-state index in [1.54, 1.807) is 25.3 Å². The first-order valence-electron chi connectivity index (χ1n) is 8.17. The van der Waals surface area contributed by atoms with Gasteiger partial charge in [0.05, 0.1) is 24.3 Å². The number of ether oxygens (including phenoxy) is 1. The van der Waals surface area contributed by atoms with E-state index in [1.165, 1.54) is 0 Å². The number of nitrogens with one attached hydrogen (secondary N) is 1. The van der Waals surface area contributed by atoms with E-state index in [1.807, 2.05) is 24.9 Å². The molecule has 1 aromatic carbocycles. The molecule has 26 heavy (non-hydrogen) atoms. The number of hydrogen-bond acceptors (Lipinski definition) is 7. The quantitative estimate of drug-likeness (QED) is 0.831. The van der Waals surface area contributed by atoms with Gasteiger partial charge in [-0.3, -0.25) is 0 Å². The predicted molar refractivity (Wildman–Crippen MR) is 104 cm³/mol. The number of benzene rings is 1. The molecule has 1 aliphatic heterocycles. The van der Waals surface area contributed by atoms with Gasteiger partial charge in [0.25, 0.3) is 0 Å². The topological polar surface area (TPSA) is 84.4 Å². The van der Waals surface area contributed by atoms with Crippen molar-refractivity contribution in [2.24, 2.45) is 0 Å². The summed E-state index contributed by atoms with van der Waals surface area (Å²) in [5.74, 6) is 2.06. The number of hydrogen-bond donors (Lipinski definition) is 1. The molecule has 1 fully saturated rings. The zero-order valence-corrected chi connectivity index (χ0v) is 16.4. The summed E-state index contributed by atoms with van der Waals surface area (Å²) in [6.45, 7) is 1.87. The van der Waals surface area contributed by atoms with E-state index >= 15 is 0 Å². The lowest BCUT2D eigenvalue weighted by atomic mass is 10.2. The van der Waals surface area contributed by atoms with Crippen LogP contribution >= 0.6 is 11.6 Å². The van der Waals surface area contributed by atoms with Crippen LogP contribution in [0.15, 0.2) is 24.3 Å². The van der Waals surface area contributed by atoms with Gasteiger partial charge >= 0.3 is 0 Å². The number of sulfone groups is 1. The first kappa shape index (κ1) is 18.7. The Morgan fingerprint density at radius 1 is 1.31 bits per heavy atom. The van der Waals surface area contributed by atoms with Crippen LogP contribution in [-0.4, -0.2) is 50.1 Å². The summed E-state index contributed by atoms with van der Waals surface area (Å²) in [6, 6.07) is 6.99. The van der Waals surface area contributed by atoms with Gasteiger partial charge in [0.15, 0.2) is 9.84 Å². The molecule has 0 bridgehead atoms. The number of rotatable bonds is 5. The normalized spacial score (nSPS) is 18.5. The third-order valence-corrected chi connectivity index (χ3v) is 6.35. The van der Waals surface area contributed by atoms with Crippen molar-refractivity contribution >= 4 is 38.9 Å². The smallest absolute Gasteiger partial charge is 0.229 e. The second-order valence-corrected chi connectivity index (χ2v) is 8.99.